The molecule has 0 heterocycles. The quantitative estimate of drug-likeness (QED) is 0.744. The van der Waals surface area contributed by atoms with Gasteiger partial charge in [0.25, 0.3) is 0 Å². The molecule has 1 aliphatic carbocycles. The summed E-state index contributed by atoms with van der Waals surface area (Å²) >= 11 is 0. The lowest BCUT2D eigenvalue weighted by atomic mass is 10.1. The van der Waals surface area contributed by atoms with Crippen molar-refractivity contribution in [3.8, 4) is 0 Å². The minimum Gasteiger partial charge on any atom is -0.383 e. The van der Waals surface area contributed by atoms with E-state index in [1.165, 1.54) is 25.7 Å². The second-order valence-corrected chi connectivity index (χ2v) is 5.63. The first kappa shape index (κ1) is 16.2. The summed E-state index contributed by atoms with van der Waals surface area (Å²) in [6.07, 6.45) is 5.03. The molecule has 0 aromatic heterocycles. The molecule has 0 unspecified atom stereocenters. The molecule has 1 aromatic carbocycles. The molecule has 1 fully saturated rings. The third-order valence-electron chi connectivity index (χ3n) is 4.29. The van der Waals surface area contributed by atoms with E-state index in [4.69, 9.17) is 4.74 Å². The van der Waals surface area contributed by atoms with Crippen LogP contribution in [0.1, 0.15) is 38.2 Å². The fourth-order valence-electron chi connectivity index (χ4n) is 3.22. The molecule has 0 amide bonds. The van der Waals surface area contributed by atoms with E-state index < -0.39 is 0 Å². The largest absolute Gasteiger partial charge is 0.383 e. The fourth-order valence-corrected chi connectivity index (χ4v) is 3.22. The van der Waals surface area contributed by atoms with Crippen molar-refractivity contribution in [2.45, 2.75) is 45.2 Å². The van der Waals surface area contributed by atoms with E-state index in [0.717, 1.165) is 24.3 Å². The van der Waals surface area contributed by atoms with E-state index in [0.29, 0.717) is 19.2 Å². The highest BCUT2D eigenvalue weighted by Gasteiger charge is 2.24. The van der Waals surface area contributed by atoms with Crippen molar-refractivity contribution in [1.82, 2.24) is 5.32 Å². The van der Waals surface area contributed by atoms with Crippen LogP contribution < -0.4 is 10.2 Å². The van der Waals surface area contributed by atoms with Gasteiger partial charge in [0.15, 0.2) is 0 Å². The van der Waals surface area contributed by atoms with Gasteiger partial charge in [-0.15, -0.1) is 0 Å². The van der Waals surface area contributed by atoms with Gasteiger partial charge in [-0.2, -0.15) is 0 Å². The molecule has 3 nitrogen and oxygen atoms in total. The van der Waals surface area contributed by atoms with Gasteiger partial charge in [-0.1, -0.05) is 18.9 Å². The van der Waals surface area contributed by atoms with Crippen LogP contribution in [0.3, 0.4) is 0 Å². The Morgan fingerprint density at radius 1 is 1.33 bits per heavy atom. The van der Waals surface area contributed by atoms with Crippen LogP contribution in [0.2, 0.25) is 0 Å². The molecule has 0 saturated heterocycles. The Morgan fingerprint density at radius 3 is 2.76 bits per heavy atom. The zero-order valence-corrected chi connectivity index (χ0v) is 13.2. The van der Waals surface area contributed by atoms with Crippen LogP contribution in [0.4, 0.5) is 10.1 Å². The second-order valence-electron chi connectivity index (χ2n) is 5.63. The molecule has 0 spiro atoms. The summed E-state index contributed by atoms with van der Waals surface area (Å²) in [5.74, 6) is -0.117. The van der Waals surface area contributed by atoms with Crippen LogP contribution in [0.5, 0.6) is 0 Å². The van der Waals surface area contributed by atoms with Crippen LogP contribution in [0.15, 0.2) is 18.2 Å². The van der Waals surface area contributed by atoms with E-state index >= 15 is 0 Å². The van der Waals surface area contributed by atoms with Gasteiger partial charge in [-0.3, -0.25) is 0 Å². The fraction of sp³-hybridized carbons (Fsp3) is 0.647. The molecule has 1 aliphatic rings. The predicted octanol–water partition coefficient (Wildman–Crippen LogP) is 3.33. The molecule has 1 saturated carbocycles. The maximum Gasteiger partial charge on any atom is 0.129 e. The molecule has 1 N–H and O–H groups in total. The van der Waals surface area contributed by atoms with Gasteiger partial charge < -0.3 is 15.0 Å². The molecular formula is C17H27FN2O. The normalized spacial score (nSPS) is 15.6. The molecule has 1 aromatic rings. The lowest BCUT2D eigenvalue weighted by molar-refractivity contribution is 0.199. The Balaban J connectivity index is 2.14. The van der Waals surface area contributed by atoms with Gasteiger partial charge >= 0.3 is 0 Å². The third kappa shape index (κ3) is 4.17. The van der Waals surface area contributed by atoms with Crippen LogP contribution in [0.25, 0.3) is 0 Å². The number of ether oxygens (including phenoxy) is 1. The number of anilines is 1. The van der Waals surface area contributed by atoms with Crippen molar-refractivity contribution in [2.24, 2.45) is 0 Å². The zero-order chi connectivity index (χ0) is 15.1. The summed E-state index contributed by atoms with van der Waals surface area (Å²) < 4.78 is 19.3. The van der Waals surface area contributed by atoms with Crippen molar-refractivity contribution in [3.05, 3.63) is 29.6 Å². The molecule has 0 radical (unpaired) electrons. The Bertz CT molecular complexity index is 433. The molecule has 4 heteroatoms. The maximum atomic E-state index is 14.2. The first-order chi connectivity index (χ1) is 10.3. The van der Waals surface area contributed by atoms with Gasteiger partial charge in [-0.05, 0) is 31.9 Å². The monoisotopic (exact) mass is 294 g/mol. The van der Waals surface area contributed by atoms with Gasteiger partial charge in [0.1, 0.15) is 5.82 Å². The molecule has 2 rings (SSSR count). The van der Waals surface area contributed by atoms with Gasteiger partial charge in [-0.25, -0.2) is 4.39 Å². The lowest BCUT2D eigenvalue weighted by Gasteiger charge is -2.32. The topological polar surface area (TPSA) is 24.5 Å². The number of nitrogens with one attached hydrogen (secondary N) is 1. The minimum atomic E-state index is -0.117. The van der Waals surface area contributed by atoms with E-state index in [2.05, 4.69) is 23.2 Å². The summed E-state index contributed by atoms with van der Waals surface area (Å²) in [5.41, 5.74) is 1.83. The van der Waals surface area contributed by atoms with Gasteiger partial charge in [0.05, 0.1) is 6.61 Å². The van der Waals surface area contributed by atoms with Gasteiger partial charge in [0.2, 0.25) is 0 Å². The van der Waals surface area contributed by atoms with E-state index in [-0.39, 0.29) is 5.82 Å². The standard InChI is InChI=1S/C17H27FN2O/c1-3-20(14-7-4-5-8-14)17-10-6-9-16(18)15(17)13-19-11-12-21-2/h6,9-10,14,19H,3-5,7-8,11-13H2,1-2H3. The highest BCUT2D eigenvalue weighted by atomic mass is 19.1. The first-order valence-corrected chi connectivity index (χ1v) is 8.01. The first-order valence-electron chi connectivity index (χ1n) is 8.01. The highest BCUT2D eigenvalue weighted by Crippen LogP contribution is 2.31. The molecule has 0 bridgehead atoms. The number of halogens is 1. The molecular weight excluding hydrogens is 267 g/mol. The minimum absolute atomic E-state index is 0.117. The average molecular weight is 294 g/mol. The Labute approximate surface area is 127 Å². The van der Waals surface area contributed by atoms with Crippen molar-refractivity contribution in [2.75, 3.05) is 31.7 Å². The number of benzene rings is 1. The highest BCUT2D eigenvalue weighted by molar-refractivity contribution is 5.55. The lowest BCUT2D eigenvalue weighted by Crippen LogP contribution is -2.34. The Hall–Kier alpha value is -1.13. The van der Waals surface area contributed by atoms with Crippen molar-refractivity contribution < 1.29 is 9.13 Å². The zero-order valence-electron chi connectivity index (χ0n) is 13.2. The average Bonchev–Trinajstić information content (AvgIpc) is 3.00. The van der Waals surface area contributed by atoms with Crippen LogP contribution in [-0.4, -0.2) is 32.8 Å². The molecule has 0 aliphatic heterocycles. The summed E-state index contributed by atoms with van der Waals surface area (Å²) in [6.45, 7) is 5.02. The molecule has 0 atom stereocenters. The van der Waals surface area contributed by atoms with Crippen LogP contribution in [0, 0.1) is 5.82 Å². The van der Waals surface area contributed by atoms with Crippen LogP contribution >= 0.6 is 0 Å². The summed E-state index contributed by atoms with van der Waals surface area (Å²) in [6, 6.07) is 5.99. The number of methoxy groups -OCH3 is 1. The number of rotatable bonds is 8. The summed E-state index contributed by atoms with van der Waals surface area (Å²) in [7, 11) is 1.68. The maximum absolute atomic E-state index is 14.2. The summed E-state index contributed by atoms with van der Waals surface area (Å²) in [4.78, 5) is 2.38. The van der Waals surface area contributed by atoms with E-state index in [9.17, 15) is 4.39 Å². The second kappa shape index (κ2) is 8.35. The number of nitrogens with zero attached hydrogens (tertiary/aromatic N) is 1. The smallest absolute Gasteiger partial charge is 0.129 e. The van der Waals surface area contributed by atoms with Crippen molar-refractivity contribution in [3.63, 3.8) is 0 Å². The summed E-state index contributed by atoms with van der Waals surface area (Å²) in [5, 5.41) is 3.26. The SMILES string of the molecule is CCN(c1cccc(F)c1CNCCOC)C1CCCC1. The Morgan fingerprint density at radius 2 is 2.10 bits per heavy atom. The molecule has 21 heavy (non-hydrogen) atoms. The van der Waals surface area contributed by atoms with Crippen LogP contribution in [-0.2, 0) is 11.3 Å². The van der Waals surface area contributed by atoms with E-state index in [1.54, 1.807) is 13.2 Å². The van der Waals surface area contributed by atoms with Gasteiger partial charge in [0, 0.05) is 44.0 Å². The third-order valence-corrected chi connectivity index (χ3v) is 4.29. The number of hydrogen-bond donors (Lipinski definition) is 1. The Kier molecular flexibility index (Phi) is 6.46. The van der Waals surface area contributed by atoms with Crippen molar-refractivity contribution in [1.29, 1.82) is 0 Å². The predicted molar refractivity (Wildman–Crippen MR) is 85.3 cm³/mol. The molecule has 118 valence electrons. The van der Waals surface area contributed by atoms with E-state index in [1.807, 2.05) is 6.07 Å². The van der Waals surface area contributed by atoms with Crippen molar-refractivity contribution >= 4 is 5.69 Å². The number of hydrogen-bond acceptors (Lipinski definition) is 3.